The van der Waals surface area contributed by atoms with Crippen LogP contribution in [0.2, 0.25) is 0 Å². The molecule has 0 atom stereocenters. The van der Waals surface area contributed by atoms with Gasteiger partial charge in [-0.1, -0.05) is 19.9 Å². The Labute approximate surface area is 56.8 Å². The Morgan fingerprint density at radius 1 is 1.67 bits per heavy atom. The molecule has 0 amide bonds. The Kier molecular flexibility index (Phi) is 3.21. The monoisotopic (exact) mass is 125 g/mol. The van der Waals surface area contributed by atoms with Crippen LogP contribution in [-0.4, -0.2) is 6.29 Å². The summed E-state index contributed by atoms with van der Waals surface area (Å²) in [5.41, 5.74) is 0.0947. The van der Waals surface area contributed by atoms with Gasteiger partial charge in [-0.25, -0.2) is 0 Å². The van der Waals surface area contributed by atoms with Gasteiger partial charge in [0.05, 0.1) is 0 Å². The normalized spacial score (nSPS) is 10.9. The van der Waals surface area contributed by atoms with Gasteiger partial charge in [-0.15, -0.1) is 6.58 Å². The molecule has 0 aliphatic heterocycles. The van der Waals surface area contributed by atoms with Crippen molar-refractivity contribution in [3.8, 4) is 0 Å². The van der Waals surface area contributed by atoms with Crippen LogP contribution in [0.15, 0.2) is 12.7 Å². The first-order valence-electron chi connectivity index (χ1n) is 3.11. The van der Waals surface area contributed by atoms with Crippen LogP contribution >= 0.6 is 0 Å². The first kappa shape index (κ1) is 8.41. The van der Waals surface area contributed by atoms with Gasteiger partial charge in [0.2, 0.25) is 0 Å². The SMILES string of the molecule is C=CC(C)(C)CC[C]=O. The third-order valence-corrected chi connectivity index (χ3v) is 1.42. The molecule has 0 bridgehead atoms. The standard InChI is InChI=1S/C8H13O/c1-4-8(2,3)6-5-7-9/h4H,1,5-6H2,2-3H3. The summed E-state index contributed by atoms with van der Waals surface area (Å²) in [5.74, 6) is 0. The maximum Gasteiger partial charge on any atom is 0.198 e. The van der Waals surface area contributed by atoms with Crippen molar-refractivity contribution in [2.24, 2.45) is 5.41 Å². The summed E-state index contributed by atoms with van der Waals surface area (Å²) in [6, 6.07) is 0. The van der Waals surface area contributed by atoms with Crippen LogP contribution in [-0.2, 0) is 4.79 Å². The summed E-state index contributed by atoms with van der Waals surface area (Å²) in [6.07, 6.45) is 5.09. The number of hydrogen-bond acceptors (Lipinski definition) is 1. The summed E-state index contributed by atoms with van der Waals surface area (Å²) in [7, 11) is 0. The number of rotatable bonds is 4. The van der Waals surface area contributed by atoms with E-state index in [1.54, 1.807) is 0 Å². The van der Waals surface area contributed by atoms with E-state index in [4.69, 9.17) is 0 Å². The molecule has 0 aromatic heterocycles. The second kappa shape index (κ2) is 3.44. The molecule has 1 heteroatoms. The van der Waals surface area contributed by atoms with Crippen molar-refractivity contribution in [3.63, 3.8) is 0 Å². The number of hydrogen-bond donors (Lipinski definition) is 0. The lowest BCUT2D eigenvalue weighted by Gasteiger charge is -2.16. The Hall–Kier alpha value is -0.590. The highest BCUT2D eigenvalue weighted by Gasteiger charge is 2.10. The van der Waals surface area contributed by atoms with E-state index in [0.717, 1.165) is 6.42 Å². The predicted octanol–water partition coefficient (Wildman–Crippen LogP) is 2.09. The smallest absolute Gasteiger partial charge is 0.198 e. The van der Waals surface area contributed by atoms with Crippen molar-refractivity contribution < 1.29 is 4.79 Å². The van der Waals surface area contributed by atoms with Crippen molar-refractivity contribution in [3.05, 3.63) is 12.7 Å². The van der Waals surface area contributed by atoms with E-state index in [9.17, 15) is 4.79 Å². The van der Waals surface area contributed by atoms with E-state index >= 15 is 0 Å². The van der Waals surface area contributed by atoms with Gasteiger partial charge in [0, 0.05) is 6.42 Å². The van der Waals surface area contributed by atoms with E-state index in [1.807, 2.05) is 12.4 Å². The van der Waals surface area contributed by atoms with Crippen molar-refractivity contribution in [2.75, 3.05) is 0 Å². The first-order chi connectivity index (χ1) is 4.12. The molecule has 51 valence electrons. The van der Waals surface area contributed by atoms with Gasteiger partial charge >= 0.3 is 0 Å². The average molecular weight is 125 g/mol. The summed E-state index contributed by atoms with van der Waals surface area (Å²) in [4.78, 5) is 9.81. The third-order valence-electron chi connectivity index (χ3n) is 1.42. The maximum atomic E-state index is 9.81. The molecule has 0 spiro atoms. The first-order valence-corrected chi connectivity index (χ1v) is 3.11. The lowest BCUT2D eigenvalue weighted by molar-refractivity contribution is 0.440. The molecule has 0 aliphatic carbocycles. The Balaban J connectivity index is 3.57. The van der Waals surface area contributed by atoms with Gasteiger partial charge in [-0.05, 0) is 11.8 Å². The van der Waals surface area contributed by atoms with E-state index in [1.165, 1.54) is 0 Å². The van der Waals surface area contributed by atoms with E-state index < -0.39 is 0 Å². The van der Waals surface area contributed by atoms with E-state index in [-0.39, 0.29) is 5.41 Å². The lowest BCUT2D eigenvalue weighted by atomic mass is 9.88. The van der Waals surface area contributed by atoms with Gasteiger partial charge < -0.3 is 0 Å². The molecule has 0 saturated heterocycles. The van der Waals surface area contributed by atoms with Crippen LogP contribution in [0.5, 0.6) is 0 Å². The molecule has 0 heterocycles. The minimum atomic E-state index is 0.0947. The summed E-state index contributed by atoms with van der Waals surface area (Å²) >= 11 is 0. The molecule has 0 rings (SSSR count). The molecular weight excluding hydrogens is 112 g/mol. The highest BCUT2D eigenvalue weighted by atomic mass is 16.1. The van der Waals surface area contributed by atoms with Crippen LogP contribution in [0, 0.1) is 5.41 Å². The molecule has 0 aromatic carbocycles. The zero-order valence-corrected chi connectivity index (χ0v) is 6.11. The minimum Gasteiger partial charge on any atom is -0.291 e. The van der Waals surface area contributed by atoms with Crippen LogP contribution < -0.4 is 0 Å². The van der Waals surface area contributed by atoms with Gasteiger partial charge in [0.1, 0.15) is 0 Å². The zero-order valence-electron chi connectivity index (χ0n) is 6.11. The second-order valence-corrected chi connectivity index (χ2v) is 2.84. The number of carbonyl (C=O) groups excluding carboxylic acids is 1. The molecule has 0 saturated carbocycles. The Bertz CT molecular complexity index is 103. The highest BCUT2D eigenvalue weighted by Crippen LogP contribution is 2.21. The van der Waals surface area contributed by atoms with Crippen LogP contribution in [0.4, 0.5) is 0 Å². The molecule has 1 nitrogen and oxygen atoms in total. The van der Waals surface area contributed by atoms with E-state index in [0.29, 0.717) is 6.42 Å². The Morgan fingerprint density at radius 3 is 2.56 bits per heavy atom. The molecule has 9 heavy (non-hydrogen) atoms. The third kappa shape index (κ3) is 3.95. The second-order valence-electron chi connectivity index (χ2n) is 2.84. The van der Waals surface area contributed by atoms with Crippen LogP contribution in [0.25, 0.3) is 0 Å². The molecule has 0 aromatic rings. The van der Waals surface area contributed by atoms with Crippen molar-refractivity contribution in [1.82, 2.24) is 0 Å². The Morgan fingerprint density at radius 2 is 2.22 bits per heavy atom. The van der Waals surface area contributed by atoms with Gasteiger partial charge in [0.15, 0.2) is 6.29 Å². The fourth-order valence-electron chi connectivity index (χ4n) is 0.475. The molecule has 1 radical (unpaired) electrons. The quantitative estimate of drug-likeness (QED) is 0.526. The van der Waals surface area contributed by atoms with Crippen LogP contribution in [0.1, 0.15) is 26.7 Å². The summed E-state index contributed by atoms with van der Waals surface area (Å²) in [6.45, 7) is 7.76. The summed E-state index contributed by atoms with van der Waals surface area (Å²) < 4.78 is 0. The minimum absolute atomic E-state index is 0.0947. The fourth-order valence-corrected chi connectivity index (χ4v) is 0.475. The van der Waals surface area contributed by atoms with Gasteiger partial charge in [0.25, 0.3) is 0 Å². The van der Waals surface area contributed by atoms with Crippen molar-refractivity contribution in [1.29, 1.82) is 0 Å². The average Bonchev–Trinajstić information content (AvgIpc) is 1.84. The largest absolute Gasteiger partial charge is 0.291 e. The molecule has 0 fully saturated rings. The van der Waals surface area contributed by atoms with Gasteiger partial charge in [-0.3, -0.25) is 4.79 Å². The fraction of sp³-hybridized carbons (Fsp3) is 0.625. The predicted molar refractivity (Wildman–Crippen MR) is 38.9 cm³/mol. The topological polar surface area (TPSA) is 17.1 Å². The molecule has 0 N–H and O–H groups in total. The maximum absolute atomic E-state index is 9.81. The van der Waals surface area contributed by atoms with E-state index in [2.05, 4.69) is 20.4 Å². The number of allylic oxidation sites excluding steroid dienone is 1. The lowest BCUT2D eigenvalue weighted by Crippen LogP contribution is -2.06. The molecular formula is C8H13O. The van der Waals surface area contributed by atoms with Crippen molar-refractivity contribution >= 4 is 6.29 Å². The molecule has 0 unspecified atom stereocenters. The molecule has 0 aliphatic rings. The highest BCUT2D eigenvalue weighted by molar-refractivity contribution is 5.50. The van der Waals surface area contributed by atoms with Gasteiger partial charge in [-0.2, -0.15) is 0 Å². The summed E-state index contributed by atoms with van der Waals surface area (Å²) in [5, 5.41) is 0. The zero-order chi connectivity index (χ0) is 7.33. The van der Waals surface area contributed by atoms with Crippen molar-refractivity contribution in [2.45, 2.75) is 26.7 Å². The van der Waals surface area contributed by atoms with Crippen LogP contribution in [0.3, 0.4) is 0 Å².